The number of likely N-dealkylation sites (tertiary alicyclic amines) is 1. The Balaban J connectivity index is 1.34. The van der Waals surface area contributed by atoms with Crippen molar-refractivity contribution < 1.29 is 14.6 Å². The van der Waals surface area contributed by atoms with Crippen LogP contribution in [0, 0.1) is 23.2 Å². The van der Waals surface area contributed by atoms with E-state index < -0.39 is 5.60 Å². The minimum atomic E-state index is -1.17. The molecule has 1 amide bonds. The molecule has 1 aliphatic rings. The van der Waals surface area contributed by atoms with Crippen LogP contribution in [0.15, 0.2) is 48.8 Å². The highest BCUT2D eigenvalue weighted by atomic mass is 16.5. The maximum absolute atomic E-state index is 12.7. The van der Waals surface area contributed by atoms with Crippen LogP contribution < -0.4 is 4.74 Å². The van der Waals surface area contributed by atoms with Gasteiger partial charge in [0.1, 0.15) is 23.7 Å². The van der Waals surface area contributed by atoms with Crippen molar-refractivity contribution in [3.63, 3.8) is 0 Å². The predicted molar refractivity (Wildman–Crippen MR) is 118 cm³/mol. The van der Waals surface area contributed by atoms with Crippen LogP contribution in [0.5, 0.6) is 5.75 Å². The van der Waals surface area contributed by atoms with Crippen LogP contribution in [0.3, 0.4) is 0 Å². The fraction of sp³-hybridized carbons (Fsp3) is 0.292. The molecule has 0 aliphatic carbocycles. The Kier molecular flexibility index (Phi) is 6.34. The van der Waals surface area contributed by atoms with E-state index >= 15 is 0 Å². The third kappa shape index (κ3) is 5.17. The normalized spacial score (nSPS) is 14.6. The van der Waals surface area contributed by atoms with Crippen molar-refractivity contribution in [2.45, 2.75) is 24.9 Å². The van der Waals surface area contributed by atoms with E-state index in [1.807, 2.05) is 24.3 Å². The van der Waals surface area contributed by atoms with E-state index in [4.69, 9.17) is 4.74 Å². The molecule has 33 heavy (non-hydrogen) atoms. The molecule has 1 saturated heterocycles. The summed E-state index contributed by atoms with van der Waals surface area (Å²) in [5.41, 5.74) is 1.56. The molecule has 166 valence electrons. The molecule has 1 N–H and O–H groups in total. The first kappa shape index (κ1) is 22.0. The number of rotatable bonds is 4. The summed E-state index contributed by atoms with van der Waals surface area (Å²) >= 11 is 0. The van der Waals surface area contributed by atoms with Gasteiger partial charge in [-0.2, -0.15) is 5.26 Å². The van der Waals surface area contributed by atoms with Crippen LogP contribution in [0.4, 0.5) is 0 Å². The Labute approximate surface area is 191 Å². The number of tetrazole rings is 1. The zero-order valence-electron chi connectivity index (χ0n) is 18.1. The fourth-order valence-electron chi connectivity index (χ4n) is 3.65. The molecule has 1 aliphatic heterocycles. The zero-order valence-corrected chi connectivity index (χ0v) is 18.1. The van der Waals surface area contributed by atoms with Gasteiger partial charge in [0.15, 0.2) is 0 Å². The number of methoxy groups -OCH3 is 1. The molecule has 0 atom stereocenters. The van der Waals surface area contributed by atoms with Crippen molar-refractivity contribution in [1.29, 1.82) is 5.26 Å². The van der Waals surface area contributed by atoms with E-state index in [1.54, 1.807) is 27.8 Å². The molecule has 0 unspecified atom stereocenters. The summed E-state index contributed by atoms with van der Waals surface area (Å²) in [7, 11) is 1.51. The monoisotopic (exact) mass is 442 g/mol. The SMILES string of the molecule is COc1ccc(C#CC2(O)CCN(C(=O)Cc3ccc(-n4cnnn4)cc3)CC2)cc1C#N. The number of nitriles is 1. The third-order valence-corrected chi connectivity index (χ3v) is 5.61. The number of aromatic nitrogens is 4. The van der Waals surface area contributed by atoms with Gasteiger partial charge >= 0.3 is 0 Å². The number of hydrogen-bond donors (Lipinski definition) is 1. The Morgan fingerprint density at radius 1 is 1.21 bits per heavy atom. The van der Waals surface area contributed by atoms with Gasteiger partial charge in [0.2, 0.25) is 5.91 Å². The quantitative estimate of drug-likeness (QED) is 0.609. The zero-order chi connectivity index (χ0) is 23.3. The highest BCUT2D eigenvalue weighted by Crippen LogP contribution is 2.23. The summed E-state index contributed by atoms with van der Waals surface area (Å²) in [6.45, 7) is 0.859. The number of hydrogen-bond acceptors (Lipinski definition) is 7. The number of carbonyl (C=O) groups is 1. The van der Waals surface area contributed by atoms with Crippen molar-refractivity contribution in [2.24, 2.45) is 0 Å². The summed E-state index contributed by atoms with van der Waals surface area (Å²) in [6.07, 6.45) is 2.52. The van der Waals surface area contributed by atoms with Gasteiger partial charge < -0.3 is 14.7 Å². The number of aliphatic hydroxyl groups is 1. The summed E-state index contributed by atoms with van der Waals surface area (Å²) in [5.74, 6) is 6.38. The molecule has 1 aromatic heterocycles. The molecule has 4 rings (SSSR count). The molecule has 0 bridgehead atoms. The number of ether oxygens (including phenoxy) is 1. The fourth-order valence-corrected chi connectivity index (χ4v) is 3.65. The van der Waals surface area contributed by atoms with Crippen molar-refractivity contribution in [1.82, 2.24) is 25.1 Å². The minimum Gasteiger partial charge on any atom is -0.495 e. The van der Waals surface area contributed by atoms with Crippen molar-refractivity contribution in [2.75, 3.05) is 20.2 Å². The molecular formula is C24H22N6O3. The Bertz CT molecular complexity index is 1230. The summed E-state index contributed by atoms with van der Waals surface area (Å²) in [6, 6.07) is 14.6. The highest BCUT2D eigenvalue weighted by Gasteiger charge is 2.32. The van der Waals surface area contributed by atoms with Crippen molar-refractivity contribution >= 4 is 5.91 Å². The second-order valence-electron chi connectivity index (χ2n) is 7.79. The molecule has 9 nitrogen and oxygen atoms in total. The molecule has 1 fully saturated rings. The van der Waals surface area contributed by atoms with Crippen LogP contribution in [0.25, 0.3) is 5.69 Å². The molecule has 2 aromatic carbocycles. The molecule has 0 radical (unpaired) electrons. The summed E-state index contributed by atoms with van der Waals surface area (Å²) in [5, 5.41) is 31.1. The van der Waals surface area contributed by atoms with E-state index in [1.165, 1.54) is 13.4 Å². The lowest BCUT2D eigenvalue weighted by Crippen LogP contribution is -2.46. The van der Waals surface area contributed by atoms with E-state index in [0.29, 0.717) is 42.8 Å². The van der Waals surface area contributed by atoms with Gasteiger partial charge in [-0.25, -0.2) is 4.68 Å². The Morgan fingerprint density at radius 2 is 1.97 bits per heavy atom. The highest BCUT2D eigenvalue weighted by molar-refractivity contribution is 5.79. The predicted octanol–water partition coefficient (Wildman–Crippen LogP) is 1.49. The van der Waals surface area contributed by atoms with E-state index in [2.05, 4.69) is 33.4 Å². The molecule has 2 heterocycles. The first-order chi connectivity index (χ1) is 16.0. The number of piperidine rings is 1. The molecule has 3 aromatic rings. The van der Waals surface area contributed by atoms with Crippen LogP contribution in [0.1, 0.15) is 29.5 Å². The van der Waals surface area contributed by atoms with Crippen LogP contribution in [-0.4, -0.2) is 61.9 Å². The first-order valence-corrected chi connectivity index (χ1v) is 10.4. The van der Waals surface area contributed by atoms with Crippen LogP contribution >= 0.6 is 0 Å². The largest absolute Gasteiger partial charge is 0.495 e. The number of nitrogens with zero attached hydrogens (tertiary/aromatic N) is 6. The first-order valence-electron chi connectivity index (χ1n) is 10.4. The molecule has 0 spiro atoms. The molecule has 9 heteroatoms. The van der Waals surface area contributed by atoms with E-state index in [9.17, 15) is 15.2 Å². The molecular weight excluding hydrogens is 420 g/mol. The van der Waals surface area contributed by atoms with E-state index in [-0.39, 0.29) is 12.3 Å². The van der Waals surface area contributed by atoms with Gasteiger partial charge in [0.05, 0.1) is 24.8 Å². The number of amides is 1. The van der Waals surface area contributed by atoms with Gasteiger partial charge in [-0.3, -0.25) is 4.79 Å². The maximum Gasteiger partial charge on any atom is 0.226 e. The van der Waals surface area contributed by atoms with Crippen molar-refractivity contribution in [3.05, 3.63) is 65.5 Å². The second kappa shape index (κ2) is 9.51. The lowest BCUT2D eigenvalue weighted by Gasteiger charge is -2.35. The Hall–Kier alpha value is -4.21. The average Bonchev–Trinajstić information content (AvgIpc) is 3.38. The lowest BCUT2D eigenvalue weighted by molar-refractivity contribution is -0.133. The molecule has 0 saturated carbocycles. The minimum absolute atomic E-state index is 0.00833. The Morgan fingerprint density at radius 3 is 2.61 bits per heavy atom. The maximum atomic E-state index is 12.7. The number of carbonyl (C=O) groups excluding carboxylic acids is 1. The summed E-state index contributed by atoms with van der Waals surface area (Å²) < 4.78 is 6.69. The van der Waals surface area contributed by atoms with Gasteiger partial charge in [-0.15, -0.1) is 5.10 Å². The van der Waals surface area contributed by atoms with Gasteiger partial charge in [0, 0.05) is 31.5 Å². The second-order valence-corrected chi connectivity index (χ2v) is 7.79. The summed E-state index contributed by atoms with van der Waals surface area (Å²) in [4.78, 5) is 14.5. The standard InChI is InChI=1S/C24H22N6O3/c1-33-22-7-4-19(14-20(22)16-25)8-9-24(32)10-12-29(13-11-24)23(31)15-18-2-5-21(6-3-18)30-17-26-27-28-30/h2-7,14,17,32H,10-13,15H2,1H3. The topological polar surface area (TPSA) is 117 Å². The van der Waals surface area contributed by atoms with Gasteiger partial charge in [-0.1, -0.05) is 24.0 Å². The average molecular weight is 442 g/mol. The number of benzene rings is 2. The lowest BCUT2D eigenvalue weighted by atomic mass is 9.91. The van der Waals surface area contributed by atoms with Crippen LogP contribution in [0.2, 0.25) is 0 Å². The van der Waals surface area contributed by atoms with E-state index in [0.717, 1.165) is 11.3 Å². The smallest absolute Gasteiger partial charge is 0.226 e. The third-order valence-electron chi connectivity index (χ3n) is 5.61. The van der Waals surface area contributed by atoms with Crippen LogP contribution in [-0.2, 0) is 11.2 Å². The van der Waals surface area contributed by atoms with Gasteiger partial charge in [-0.05, 0) is 46.3 Å². The van der Waals surface area contributed by atoms with Gasteiger partial charge in [0.25, 0.3) is 0 Å². The van der Waals surface area contributed by atoms with Crippen molar-refractivity contribution in [3.8, 4) is 29.3 Å².